The van der Waals surface area contributed by atoms with Gasteiger partial charge in [-0.15, -0.1) is 0 Å². The zero-order chi connectivity index (χ0) is 14.8. The summed E-state index contributed by atoms with van der Waals surface area (Å²) in [7, 11) is 0. The number of nitrogens with zero attached hydrogens (tertiary/aromatic N) is 2. The van der Waals surface area contributed by atoms with E-state index in [0.717, 1.165) is 12.2 Å². The highest BCUT2D eigenvalue weighted by Crippen LogP contribution is 2.11. The van der Waals surface area contributed by atoms with E-state index in [1.807, 2.05) is 24.3 Å². The Morgan fingerprint density at radius 2 is 1.95 bits per heavy atom. The van der Waals surface area contributed by atoms with Gasteiger partial charge >= 0.3 is 0 Å². The summed E-state index contributed by atoms with van der Waals surface area (Å²) in [5.41, 5.74) is 7.81. The fourth-order valence-electron chi connectivity index (χ4n) is 1.73. The molecule has 1 aromatic carbocycles. The number of rotatable bonds is 4. The van der Waals surface area contributed by atoms with E-state index in [-0.39, 0.29) is 5.54 Å². The fourth-order valence-corrected chi connectivity index (χ4v) is 1.73. The van der Waals surface area contributed by atoms with Gasteiger partial charge in [0.1, 0.15) is 0 Å². The summed E-state index contributed by atoms with van der Waals surface area (Å²) in [5, 5.41) is 7.56. The molecule has 1 amide bonds. The molecule has 3 N–H and O–H groups in total. The number of hydrogen-bond donors (Lipinski definition) is 2. The number of hydrogen-bond acceptors (Lipinski definition) is 3. The highest BCUT2D eigenvalue weighted by Gasteiger charge is 2.09. The van der Waals surface area contributed by atoms with Crippen molar-refractivity contribution in [2.75, 3.05) is 0 Å². The van der Waals surface area contributed by atoms with Crippen molar-refractivity contribution in [2.24, 2.45) is 5.73 Å². The zero-order valence-electron chi connectivity index (χ0n) is 12.1. The molecule has 0 unspecified atom stereocenters. The molecule has 0 spiro atoms. The van der Waals surface area contributed by atoms with Crippen LogP contribution < -0.4 is 11.1 Å². The summed E-state index contributed by atoms with van der Waals surface area (Å²) in [4.78, 5) is 11.0. The summed E-state index contributed by atoms with van der Waals surface area (Å²) < 4.78 is 1.64. The van der Waals surface area contributed by atoms with Crippen molar-refractivity contribution < 1.29 is 4.79 Å². The van der Waals surface area contributed by atoms with Crippen LogP contribution in [0.5, 0.6) is 0 Å². The van der Waals surface area contributed by atoms with Crippen LogP contribution in [0.15, 0.2) is 36.7 Å². The minimum absolute atomic E-state index is 0.0943. The topological polar surface area (TPSA) is 72.9 Å². The van der Waals surface area contributed by atoms with E-state index in [0.29, 0.717) is 5.56 Å². The van der Waals surface area contributed by atoms with Crippen LogP contribution in [0.3, 0.4) is 0 Å². The molecule has 5 nitrogen and oxygen atoms in total. The molecule has 0 aliphatic carbocycles. The van der Waals surface area contributed by atoms with Crippen LogP contribution in [0, 0.1) is 0 Å². The number of carbonyl (C=O) groups excluding carboxylic acids is 1. The van der Waals surface area contributed by atoms with Crippen LogP contribution in [0.25, 0.3) is 5.69 Å². The molecule has 2 rings (SSSR count). The van der Waals surface area contributed by atoms with Crippen LogP contribution in [0.4, 0.5) is 0 Å². The van der Waals surface area contributed by atoms with Gasteiger partial charge in [-0.25, -0.2) is 4.68 Å². The Morgan fingerprint density at radius 3 is 2.45 bits per heavy atom. The van der Waals surface area contributed by atoms with E-state index in [9.17, 15) is 4.79 Å². The van der Waals surface area contributed by atoms with E-state index in [4.69, 9.17) is 5.73 Å². The molecular formula is C15H20N4O. The number of aromatic nitrogens is 2. The van der Waals surface area contributed by atoms with Gasteiger partial charge in [-0.2, -0.15) is 5.10 Å². The van der Waals surface area contributed by atoms with Crippen molar-refractivity contribution in [3.63, 3.8) is 0 Å². The van der Waals surface area contributed by atoms with E-state index >= 15 is 0 Å². The number of amides is 1. The lowest BCUT2D eigenvalue weighted by molar-refractivity contribution is 0.100. The highest BCUT2D eigenvalue weighted by molar-refractivity contribution is 5.92. The molecule has 0 bridgehead atoms. The standard InChI is InChI=1S/C15H20N4O/c1-15(2,3)17-8-11-4-6-13(7-5-11)19-10-12(9-18-19)14(16)20/h4-7,9-10,17H,8H2,1-3H3,(H2,16,20). The van der Waals surface area contributed by atoms with Crippen molar-refractivity contribution in [2.45, 2.75) is 32.9 Å². The van der Waals surface area contributed by atoms with Gasteiger partial charge in [0, 0.05) is 18.3 Å². The molecule has 0 fully saturated rings. The maximum absolute atomic E-state index is 11.0. The van der Waals surface area contributed by atoms with E-state index < -0.39 is 5.91 Å². The number of nitrogens with two attached hydrogens (primary N) is 1. The maximum Gasteiger partial charge on any atom is 0.251 e. The zero-order valence-corrected chi connectivity index (χ0v) is 12.1. The predicted molar refractivity (Wildman–Crippen MR) is 78.7 cm³/mol. The molecule has 20 heavy (non-hydrogen) atoms. The Kier molecular flexibility index (Phi) is 3.90. The summed E-state index contributed by atoms with van der Waals surface area (Å²) >= 11 is 0. The van der Waals surface area contributed by atoms with Crippen LogP contribution in [-0.4, -0.2) is 21.2 Å². The molecule has 0 atom stereocenters. The summed E-state index contributed by atoms with van der Waals surface area (Å²) in [6.07, 6.45) is 3.10. The van der Waals surface area contributed by atoms with E-state index in [1.54, 1.807) is 10.9 Å². The third-order valence-electron chi connectivity index (χ3n) is 2.89. The summed E-state index contributed by atoms with van der Waals surface area (Å²) in [6.45, 7) is 7.22. The predicted octanol–water partition coefficient (Wildman–Crippen LogP) is 1.86. The monoisotopic (exact) mass is 272 g/mol. The second-order valence-electron chi connectivity index (χ2n) is 5.81. The van der Waals surface area contributed by atoms with Crippen molar-refractivity contribution in [3.05, 3.63) is 47.8 Å². The van der Waals surface area contributed by atoms with Gasteiger partial charge in [-0.05, 0) is 38.5 Å². The molecule has 0 saturated carbocycles. The first-order valence-electron chi connectivity index (χ1n) is 6.54. The fraction of sp³-hybridized carbons (Fsp3) is 0.333. The number of nitrogens with one attached hydrogen (secondary N) is 1. The molecule has 106 valence electrons. The third kappa shape index (κ3) is 3.68. The average Bonchev–Trinajstić information content (AvgIpc) is 2.86. The second kappa shape index (κ2) is 5.46. The Labute approximate surface area is 118 Å². The minimum atomic E-state index is -0.470. The minimum Gasteiger partial charge on any atom is -0.366 e. The van der Waals surface area contributed by atoms with Crippen molar-refractivity contribution in [3.8, 4) is 5.69 Å². The summed E-state index contributed by atoms with van der Waals surface area (Å²) in [5.74, 6) is -0.470. The first kappa shape index (κ1) is 14.3. The van der Waals surface area contributed by atoms with Crippen LogP contribution >= 0.6 is 0 Å². The molecule has 0 aliphatic rings. The molecular weight excluding hydrogens is 252 g/mol. The van der Waals surface area contributed by atoms with Crippen molar-refractivity contribution in [1.82, 2.24) is 15.1 Å². The SMILES string of the molecule is CC(C)(C)NCc1ccc(-n2cc(C(N)=O)cn2)cc1. The molecule has 0 radical (unpaired) electrons. The van der Waals surface area contributed by atoms with Gasteiger partial charge in [0.25, 0.3) is 5.91 Å². The first-order valence-corrected chi connectivity index (χ1v) is 6.54. The Morgan fingerprint density at radius 1 is 1.30 bits per heavy atom. The van der Waals surface area contributed by atoms with Gasteiger partial charge in [0.05, 0.1) is 17.4 Å². The van der Waals surface area contributed by atoms with E-state index in [2.05, 4.69) is 31.2 Å². The third-order valence-corrected chi connectivity index (χ3v) is 2.89. The number of primary amides is 1. The van der Waals surface area contributed by atoms with Crippen LogP contribution in [-0.2, 0) is 6.54 Å². The lowest BCUT2D eigenvalue weighted by Gasteiger charge is -2.20. The van der Waals surface area contributed by atoms with E-state index in [1.165, 1.54) is 11.8 Å². The quantitative estimate of drug-likeness (QED) is 0.892. The molecule has 0 saturated heterocycles. The molecule has 0 aliphatic heterocycles. The number of carbonyl (C=O) groups is 1. The van der Waals surface area contributed by atoms with Gasteiger partial charge < -0.3 is 11.1 Å². The van der Waals surface area contributed by atoms with Crippen molar-refractivity contribution in [1.29, 1.82) is 0 Å². The summed E-state index contributed by atoms with van der Waals surface area (Å²) in [6, 6.07) is 8.02. The van der Waals surface area contributed by atoms with Gasteiger partial charge in [0.15, 0.2) is 0 Å². The molecule has 5 heteroatoms. The Hall–Kier alpha value is -2.14. The van der Waals surface area contributed by atoms with Gasteiger partial charge in [-0.3, -0.25) is 4.79 Å². The van der Waals surface area contributed by atoms with Crippen LogP contribution in [0.1, 0.15) is 36.7 Å². The Bertz CT molecular complexity index is 593. The van der Waals surface area contributed by atoms with Crippen LogP contribution in [0.2, 0.25) is 0 Å². The average molecular weight is 272 g/mol. The highest BCUT2D eigenvalue weighted by atomic mass is 16.1. The van der Waals surface area contributed by atoms with Gasteiger partial charge in [-0.1, -0.05) is 12.1 Å². The molecule has 2 aromatic rings. The first-order chi connectivity index (χ1) is 9.35. The normalized spacial score (nSPS) is 11.6. The maximum atomic E-state index is 11.0. The Balaban J connectivity index is 2.09. The lowest BCUT2D eigenvalue weighted by atomic mass is 10.1. The van der Waals surface area contributed by atoms with Crippen molar-refractivity contribution >= 4 is 5.91 Å². The smallest absolute Gasteiger partial charge is 0.251 e. The van der Waals surface area contributed by atoms with Gasteiger partial charge in [0.2, 0.25) is 0 Å². The molecule has 1 aromatic heterocycles. The number of benzene rings is 1. The molecule has 1 heterocycles. The second-order valence-corrected chi connectivity index (χ2v) is 5.81. The largest absolute Gasteiger partial charge is 0.366 e. The lowest BCUT2D eigenvalue weighted by Crippen LogP contribution is -2.35.